The SMILES string of the molecule is COC(=O)c1cc2n(n1)CCN(C(=O)C(C)Cn1nc(C)nc1C)C2. The van der Waals surface area contributed by atoms with E-state index >= 15 is 0 Å². The average molecular weight is 346 g/mol. The van der Waals surface area contributed by atoms with Crippen molar-refractivity contribution in [3.05, 3.63) is 29.1 Å². The lowest BCUT2D eigenvalue weighted by molar-refractivity contribution is -0.137. The van der Waals surface area contributed by atoms with Gasteiger partial charge in [0.15, 0.2) is 5.69 Å². The minimum absolute atomic E-state index is 0.0552. The van der Waals surface area contributed by atoms with E-state index in [1.165, 1.54) is 7.11 Å². The van der Waals surface area contributed by atoms with Gasteiger partial charge in [0.1, 0.15) is 11.6 Å². The summed E-state index contributed by atoms with van der Waals surface area (Å²) in [5.41, 5.74) is 1.11. The van der Waals surface area contributed by atoms with Gasteiger partial charge in [-0.3, -0.25) is 9.48 Å². The van der Waals surface area contributed by atoms with E-state index < -0.39 is 5.97 Å². The van der Waals surface area contributed by atoms with Crippen LogP contribution < -0.4 is 0 Å². The zero-order valence-corrected chi connectivity index (χ0v) is 14.9. The van der Waals surface area contributed by atoms with E-state index in [0.717, 1.165) is 11.5 Å². The molecule has 1 atom stereocenters. The summed E-state index contributed by atoms with van der Waals surface area (Å²) in [6, 6.07) is 1.68. The first-order valence-electron chi connectivity index (χ1n) is 8.21. The van der Waals surface area contributed by atoms with Gasteiger partial charge in [-0.15, -0.1) is 0 Å². The van der Waals surface area contributed by atoms with Crippen LogP contribution in [0.25, 0.3) is 0 Å². The van der Waals surface area contributed by atoms with Crippen LogP contribution in [0, 0.1) is 19.8 Å². The van der Waals surface area contributed by atoms with Crippen molar-refractivity contribution < 1.29 is 14.3 Å². The molecule has 0 saturated carbocycles. The molecule has 0 N–H and O–H groups in total. The maximum absolute atomic E-state index is 12.8. The second kappa shape index (κ2) is 6.66. The highest BCUT2D eigenvalue weighted by atomic mass is 16.5. The van der Waals surface area contributed by atoms with Crippen LogP contribution in [-0.4, -0.2) is 55.0 Å². The highest BCUT2D eigenvalue weighted by molar-refractivity contribution is 5.87. The smallest absolute Gasteiger partial charge is 0.358 e. The zero-order chi connectivity index (χ0) is 18.1. The molecule has 0 fully saturated rings. The third kappa shape index (κ3) is 3.40. The van der Waals surface area contributed by atoms with E-state index in [4.69, 9.17) is 4.74 Å². The predicted octanol–water partition coefficient (Wildman–Crippen LogP) is 0.557. The number of carbonyl (C=O) groups is 2. The van der Waals surface area contributed by atoms with Gasteiger partial charge >= 0.3 is 5.97 Å². The molecule has 0 aromatic carbocycles. The van der Waals surface area contributed by atoms with Gasteiger partial charge in [0.25, 0.3) is 0 Å². The molecule has 0 spiro atoms. The van der Waals surface area contributed by atoms with Crippen molar-refractivity contribution in [2.24, 2.45) is 5.92 Å². The van der Waals surface area contributed by atoms with Crippen LogP contribution in [0.1, 0.15) is 34.8 Å². The van der Waals surface area contributed by atoms with Gasteiger partial charge in [-0.25, -0.2) is 14.5 Å². The van der Waals surface area contributed by atoms with Crippen LogP contribution in [0.4, 0.5) is 0 Å². The van der Waals surface area contributed by atoms with Crippen LogP contribution >= 0.6 is 0 Å². The monoisotopic (exact) mass is 346 g/mol. The topological polar surface area (TPSA) is 95.1 Å². The molecule has 2 aromatic rings. The van der Waals surface area contributed by atoms with Gasteiger partial charge < -0.3 is 9.64 Å². The number of hydrogen-bond acceptors (Lipinski definition) is 6. The highest BCUT2D eigenvalue weighted by Crippen LogP contribution is 2.17. The van der Waals surface area contributed by atoms with E-state index in [2.05, 4.69) is 15.2 Å². The first-order valence-corrected chi connectivity index (χ1v) is 8.21. The van der Waals surface area contributed by atoms with E-state index in [1.807, 2.05) is 20.8 Å². The summed E-state index contributed by atoms with van der Waals surface area (Å²) in [6.45, 7) is 7.66. The van der Waals surface area contributed by atoms with Crippen molar-refractivity contribution in [1.82, 2.24) is 29.4 Å². The van der Waals surface area contributed by atoms with Crippen molar-refractivity contribution in [1.29, 1.82) is 0 Å². The number of ether oxygens (including phenoxy) is 1. The molecule has 134 valence electrons. The largest absolute Gasteiger partial charge is 0.464 e. The number of amides is 1. The lowest BCUT2D eigenvalue weighted by Gasteiger charge is -2.30. The Balaban J connectivity index is 1.68. The second-order valence-electron chi connectivity index (χ2n) is 6.28. The summed E-state index contributed by atoms with van der Waals surface area (Å²) < 4.78 is 8.22. The van der Waals surface area contributed by atoms with Gasteiger partial charge in [-0.2, -0.15) is 10.2 Å². The molecule has 9 nitrogen and oxygen atoms in total. The summed E-state index contributed by atoms with van der Waals surface area (Å²) >= 11 is 0. The second-order valence-corrected chi connectivity index (χ2v) is 6.28. The summed E-state index contributed by atoms with van der Waals surface area (Å²) in [6.07, 6.45) is 0. The number of nitrogens with zero attached hydrogens (tertiary/aromatic N) is 6. The van der Waals surface area contributed by atoms with Gasteiger partial charge in [-0.1, -0.05) is 6.92 Å². The van der Waals surface area contributed by atoms with E-state index in [-0.39, 0.29) is 17.5 Å². The molecule has 1 unspecified atom stereocenters. The Bertz CT molecular complexity index is 809. The molecule has 0 bridgehead atoms. The van der Waals surface area contributed by atoms with E-state index in [9.17, 15) is 9.59 Å². The van der Waals surface area contributed by atoms with Gasteiger partial charge in [0.05, 0.1) is 38.4 Å². The fourth-order valence-electron chi connectivity index (χ4n) is 3.04. The Morgan fingerprint density at radius 1 is 1.28 bits per heavy atom. The Labute approximate surface area is 145 Å². The van der Waals surface area contributed by atoms with Gasteiger partial charge in [0.2, 0.25) is 5.91 Å². The summed E-state index contributed by atoms with van der Waals surface area (Å²) in [5, 5.41) is 8.54. The van der Waals surface area contributed by atoms with Gasteiger partial charge in [0, 0.05) is 6.54 Å². The molecule has 1 amide bonds. The predicted molar refractivity (Wildman–Crippen MR) is 87.6 cm³/mol. The highest BCUT2D eigenvalue weighted by Gasteiger charge is 2.27. The Morgan fingerprint density at radius 3 is 2.68 bits per heavy atom. The molecular formula is C16H22N6O3. The molecule has 0 aliphatic carbocycles. The zero-order valence-electron chi connectivity index (χ0n) is 14.9. The normalized spacial score (nSPS) is 15.0. The number of methoxy groups -OCH3 is 1. The lowest BCUT2D eigenvalue weighted by Crippen LogP contribution is -2.42. The number of aromatic nitrogens is 5. The maximum Gasteiger partial charge on any atom is 0.358 e. The molecule has 3 rings (SSSR count). The number of fused-ring (bicyclic) bond motifs is 1. The molecule has 2 aromatic heterocycles. The molecule has 9 heteroatoms. The first kappa shape index (κ1) is 17.1. The fourth-order valence-corrected chi connectivity index (χ4v) is 3.04. The standard InChI is InChI=1S/C16H22N6O3/c1-10(8-22-12(3)17-11(2)18-22)15(23)20-5-6-21-13(9-20)7-14(19-21)16(24)25-4/h7,10H,5-6,8-9H2,1-4H3. The van der Waals surface area contributed by atoms with Crippen molar-refractivity contribution in [2.75, 3.05) is 13.7 Å². The van der Waals surface area contributed by atoms with Crippen LogP contribution in [-0.2, 0) is 29.2 Å². The number of rotatable bonds is 4. The van der Waals surface area contributed by atoms with Crippen LogP contribution in [0.5, 0.6) is 0 Å². The molecule has 1 aliphatic rings. The Morgan fingerprint density at radius 2 is 2.04 bits per heavy atom. The molecule has 0 radical (unpaired) electrons. The summed E-state index contributed by atoms with van der Waals surface area (Å²) in [4.78, 5) is 30.4. The van der Waals surface area contributed by atoms with E-state index in [0.29, 0.717) is 32.0 Å². The Kier molecular flexibility index (Phi) is 4.56. The molecule has 1 aliphatic heterocycles. The van der Waals surface area contributed by atoms with Gasteiger partial charge in [-0.05, 0) is 19.9 Å². The number of hydrogen-bond donors (Lipinski definition) is 0. The molecule has 25 heavy (non-hydrogen) atoms. The minimum atomic E-state index is -0.467. The molecule has 3 heterocycles. The van der Waals surface area contributed by atoms with Crippen molar-refractivity contribution >= 4 is 11.9 Å². The van der Waals surface area contributed by atoms with Crippen molar-refractivity contribution in [2.45, 2.75) is 40.4 Å². The third-order valence-electron chi connectivity index (χ3n) is 4.34. The summed E-state index contributed by atoms with van der Waals surface area (Å²) in [5.74, 6) is 0.880. The number of carbonyl (C=O) groups excluding carboxylic acids is 2. The minimum Gasteiger partial charge on any atom is -0.464 e. The van der Waals surface area contributed by atoms with Crippen molar-refractivity contribution in [3.63, 3.8) is 0 Å². The fraction of sp³-hybridized carbons (Fsp3) is 0.562. The van der Waals surface area contributed by atoms with E-state index in [1.54, 1.807) is 20.3 Å². The number of aryl methyl sites for hydroxylation is 2. The molecule has 0 saturated heterocycles. The molecular weight excluding hydrogens is 324 g/mol. The lowest BCUT2D eigenvalue weighted by atomic mass is 10.1. The maximum atomic E-state index is 12.8. The van der Waals surface area contributed by atoms with Crippen LogP contribution in [0.2, 0.25) is 0 Å². The number of esters is 1. The average Bonchev–Trinajstić information content (AvgIpc) is 3.15. The van der Waals surface area contributed by atoms with Crippen molar-refractivity contribution in [3.8, 4) is 0 Å². The summed E-state index contributed by atoms with van der Waals surface area (Å²) in [7, 11) is 1.33. The quantitative estimate of drug-likeness (QED) is 0.751. The van der Waals surface area contributed by atoms with Crippen LogP contribution in [0.3, 0.4) is 0 Å². The van der Waals surface area contributed by atoms with Crippen LogP contribution in [0.15, 0.2) is 6.07 Å². The first-order chi connectivity index (χ1) is 11.9. The Hall–Kier alpha value is -2.71. The third-order valence-corrected chi connectivity index (χ3v) is 4.34.